The van der Waals surface area contributed by atoms with Crippen molar-refractivity contribution in [2.75, 3.05) is 0 Å². The fourth-order valence-corrected chi connectivity index (χ4v) is 2.05. The number of allylic oxidation sites excluding steroid dienone is 1. The van der Waals surface area contributed by atoms with Gasteiger partial charge in [-0.05, 0) is 25.3 Å². The van der Waals surface area contributed by atoms with Crippen LogP contribution in [0.5, 0.6) is 0 Å². The van der Waals surface area contributed by atoms with Gasteiger partial charge in [-0.25, -0.2) is 0 Å². The molecule has 0 heterocycles. The summed E-state index contributed by atoms with van der Waals surface area (Å²) in [6.45, 7) is 7.61. The number of carboxylic acid groups (broad SMARTS) is 1. The van der Waals surface area contributed by atoms with Gasteiger partial charge in [-0.15, -0.1) is 6.58 Å². The van der Waals surface area contributed by atoms with E-state index < -0.39 is 11.4 Å². The third kappa shape index (κ3) is 2.32. The van der Waals surface area contributed by atoms with Crippen LogP contribution in [0.4, 0.5) is 0 Å². The van der Waals surface area contributed by atoms with Gasteiger partial charge in [-0.2, -0.15) is 0 Å². The molecule has 1 atom stereocenters. The van der Waals surface area contributed by atoms with Gasteiger partial charge >= 0.3 is 5.97 Å². The van der Waals surface area contributed by atoms with Crippen LogP contribution in [0.25, 0.3) is 0 Å². The van der Waals surface area contributed by atoms with Gasteiger partial charge in [-0.1, -0.05) is 42.8 Å². The summed E-state index contributed by atoms with van der Waals surface area (Å²) in [4.78, 5) is 11.5. The highest BCUT2D eigenvalue weighted by atomic mass is 16.4. The highest BCUT2D eigenvalue weighted by Gasteiger charge is 2.38. The first-order valence-electron chi connectivity index (χ1n) is 5.46. The lowest BCUT2D eigenvalue weighted by Crippen LogP contribution is -2.35. The number of benzene rings is 1. The van der Waals surface area contributed by atoms with Crippen molar-refractivity contribution in [3.05, 3.63) is 48.0 Å². The van der Waals surface area contributed by atoms with Crippen molar-refractivity contribution in [2.24, 2.45) is 0 Å². The van der Waals surface area contributed by atoms with Gasteiger partial charge in [0.15, 0.2) is 0 Å². The molecule has 0 aliphatic rings. The first-order chi connectivity index (χ1) is 7.53. The Kier molecular flexibility index (Phi) is 3.88. The van der Waals surface area contributed by atoms with E-state index in [0.29, 0.717) is 12.8 Å². The number of rotatable bonds is 5. The summed E-state index contributed by atoms with van der Waals surface area (Å²) in [5, 5.41) is 9.48. The molecule has 1 aromatic carbocycles. The molecule has 0 saturated carbocycles. The third-order valence-corrected chi connectivity index (χ3v) is 2.94. The molecule has 0 aliphatic carbocycles. The number of hydrogen-bond acceptors (Lipinski definition) is 1. The van der Waals surface area contributed by atoms with Gasteiger partial charge < -0.3 is 5.11 Å². The normalized spacial score (nSPS) is 14.1. The molecule has 1 N–H and O–H groups in total. The largest absolute Gasteiger partial charge is 0.481 e. The maximum atomic E-state index is 11.5. The summed E-state index contributed by atoms with van der Waals surface area (Å²) >= 11 is 0. The topological polar surface area (TPSA) is 37.3 Å². The van der Waals surface area contributed by atoms with Crippen LogP contribution in [0.15, 0.2) is 42.5 Å². The van der Waals surface area contributed by atoms with E-state index in [0.717, 1.165) is 11.1 Å². The van der Waals surface area contributed by atoms with E-state index in [1.54, 1.807) is 0 Å². The van der Waals surface area contributed by atoms with Crippen molar-refractivity contribution < 1.29 is 9.90 Å². The molecule has 0 aromatic heterocycles. The highest BCUT2D eigenvalue weighted by Crippen LogP contribution is 2.34. The second-order valence-electron chi connectivity index (χ2n) is 4.24. The molecule has 1 rings (SSSR count). The fourth-order valence-electron chi connectivity index (χ4n) is 2.05. The molecule has 0 radical (unpaired) electrons. The lowest BCUT2D eigenvalue weighted by atomic mass is 9.74. The Hall–Kier alpha value is -1.57. The maximum absolute atomic E-state index is 11.5. The minimum atomic E-state index is -0.826. The van der Waals surface area contributed by atoms with Crippen molar-refractivity contribution in [2.45, 2.75) is 32.1 Å². The predicted molar refractivity (Wildman–Crippen MR) is 65.5 cm³/mol. The van der Waals surface area contributed by atoms with Gasteiger partial charge in [0, 0.05) is 0 Å². The Labute approximate surface area is 96.6 Å². The Morgan fingerprint density at radius 3 is 2.31 bits per heavy atom. The van der Waals surface area contributed by atoms with Gasteiger partial charge in [-0.3, -0.25) is 4.79 Å². The second-order valence-corrected chi connectivity index (χ2v) is 4.24. The molecule has 1 aromatic rings. The smallest absolute Gasteiger partial charge is 0.314 e. The van der Waals surface area contributed by atoms with Gasteiger partial charge in [0.25, 0.3) is 0 Å². The van der Waals surface area contributed by atoms with Gasteiger partial charge in [0.05, 0.1) is 5.41 Å². The number of carbonyl (C=O) groups is 1. The van der Waals surface area contributed by atoms with Crippen molar-refractivity contribution in [1.29, 1.82) is 0 Å². The van der Waals surface area contributed by atoms with E-state index in [-0.39, 0.29) is 0 Å². The number of carboxylic acids is 1. The first kappa shape index (κ1) is 12.5. The van der Waals surface area contributed by atoms with E-state index >= 15 is 0 Å². The molecule has 2 heteroatoms. The lowest BCUT2D eigenvalue weighted by molar-refractivity contribution is -0.144. The molecule has 16 heavy (non-hydrogen) atoms. The first-order valence-corrected chi connectivity index (χ1v) is 5.46. The van der Waals surface area contributed by atoms with Crippen molar-refractivity contribution >= 4 is 5.97 Å². The summed E-state index contributed by atoms with van der Waals surface area (Å²) in [6, 6.07) is 9.40. The monoisotopic (exact) mass is 218 g/mol. The zero-order valence-corrected chi connectivity index (χ0v) is 9.86. The number of aliphatic carboxylic acids is 1. The molecule has 0 saturated heterocycles. The van der Waals surface area contributed by atoms with Crippen LogP contribution in [0.2, 0.25) is 0 Å². The summed E-state index contributed by atoms with van der Waals surface area (Å²) in [7, 11) is 0. The summed E-state index contributed by atoms with van der Waals surface area (Å²) in [5.41, 5.74) is 0.925. The molecule has 0 bridgehead atoms. The van der Waals surface area contributed by atoms with Crippen LogP contribution >= 0.6 is 0 Å². The predicted octanol–water partition coefficient (Wildman–Crippen LogP) is 3.39. The number of hydrogen-bond donors (Lipinski definition) is 1. The van der Waals surface area contributed by atoms with Crippen molar-refractivity contribution in [3.63, 3.8) is 0 Å². The highest BCUT2D eigenvalue weighted by molar-refractivity contribution is 5.81. The van der Waals surface area contributed by atoms with Crippen LogP contribution in [0.1, 0.15) is 32.3 Å². The zero-order valence-electron chi connectivity index (χ0n) is 9.86. The van der Waals surface area contributed by atoms with E-state index in [9.17, 15) is 9.90 Å². The molecule has 1 unspecified atom stereocenters. The molecule has 0 spiro atoms. The summed E-state index contributed by atoms with van der Waals surface area (Å²) < 4.78 is 0. The van der Waals surface area contributed by atoms with Gasteiger partial charge in [0.2, 0.25) is 0 Å². The second kappa shape index (κ2) is 4.97. The Morgan fingerprint density at radius 2 is 1.94 bits per heavy atom. The van der Waals surface area contributed by atoms with E-state index in [1.807, 2.05) is 44.2 Å². The molecule has 0 fully saturated rings. The summed E-state index contributed by atoms with van der Waals surface area (Å²) in [6.07, 6.45) is 1.06. The Bertz CT molecular complexity index is 381. The van der Waals surface area contributed by atoms with Crippen LogP contribution < -0.4 is 0 Å². The minimum Gasteiger partial charge on any atom is -0.481 e. The van der Waals surface area contributed by atoms with E-state index in [4.69, 9.17) is 0 Å². The molecular weight excluding hydrogens is 200 g/mol. The van der Waals surface area contributed by atoms with E-state index in [1.165, 1.54) is 0 Å². The average molecular weight is 218 g/mol. The van der Waals surface area contributed by atoms with Crippen LogP contribution in [0, 0.1) is 0 Å². The minimum absolute atomic E-state index is 0.489. The maximum Gasteiger partial charge on any atom is 0.314 e. The molecule has 0 amide bonds. The van der Waals surface area contributed by atoms with E-state index in [2.05, 4.69) is 6.58 Å². The van der Waals surface area contributed by atoms with Crippen LogP contribution in [-0.4, -0.2) is 11.1 Å². The van der Waals surface area contributed by atoms with Crippen LogP contribution in [-0.2, 0) is 10.2 Å². The Morgan fingerprint density at radius 1 is 1.38 bits per heavy atom. The standard InChI is InChI=1S/C14H18O2/c1-4-14(13(15)16,10-11(2)3)12-8-6-5-7-9-12/h5-9H,2,4,10H2,1,3H3,(H,15,16). The Balaban J connectivity index is 3.23. The third-order valence-electron chi connectivity index (χ3n) is 2.94. The average Bonchev–Trinajstić information content (AvgIpc) is 2.26. The zero-order chi connectivity index (χ0) is 12.2. The van der Waals surface area contributed by atoms with Crippen LogP contribution in [0.3, 0.4) is 0 Å². The molecule has 86 valence electrons. The molecule has 0 aliphatic heterocycles. The fraction of sp³-hybridized carbons (Fsp3) is 0.357. The van der Waals surface area contributed by atoms with Crippen molar-refractivity contribution in [3.8, 4) is 0 Å². The quantitative estimate of drug-likeness (QED) is 0.769. The van der Waals surface area contributed by atoms with Crippen molar-refractivity contribution in [1.82, 2.24) is 0 Å². The summed E-state index contributed by atoms with van der Waals surface area (Å²) in [5.74, 6) is -0.774. The molecular formula is C14H18O2. The van der Waals surface area contributed by atoms with Gasteiger partial charge in [0.1, 0.15) is 0 Å². The SMILES string of the molecule is C=C(C)CC(CC)(C(=O)O)c1ccccc1. The molecule has 2 nitrogen and oxygen atoms in total. The lowest BCUT2D eigenvalue weighted by Gasteiger charge is -2.29.